The number of fused-ring (bicyclic) bond motifs is 1. The van der Waals surface area contributed by atoms with Crippen LogP contribution in [0.5, 0.6) is 0 Å². The number of hydrogen-bond acceptors (Lipinski definition) is 2. The summed E-state index contributed by atoms with van der Waals surface area (Å²) < 4.78 is 0. The van der Waals surface area contributed by atoms with Crippen LogP contribution < -0.4 is 5.32 Å². The number of rotatable bonds is 6. The number of nitrogens with one attached hydrogen (secondary N) is 1. The molecule has 1 N–H and O–H groups in total. The van der Waals surface area contributed by atoms with Gasteiger partial charge in [-0.15, -0.1) is 0 Å². The van der Waals surface area contributed by atoms with Crippen LogP contribution in [-0.4, -0.2) is 17.5 Å². The number of piperidine rings is 1. The summed E-state index contributed by atoms with van der Waals surface area (Å²) in [5.74, 6) is 0. The average molecular weight is 401 g/mol. The maximum absolute atomic E-state index is 4.52. The van der Waals surface area contributed by atoms with Crippen molar-refractivity contribution < 1.29 is 0 Å². The fourth-order valence-corrected chi connectivity index (χ4v) is 5.50. The molecule has 1 saturated carbocycles. The van der Waals surface area contributed by atoms with Gasteiger partial charge in [-0.05, 0) is 54.7 Å². The fraction of sp³-hybridized carbons (Fsp3) is 0.429. The van der Waals surface area contributed by atoms with E-state index in [0.29, 0.717) is 11.5 Å². The number of likely N-dealkylation sites (tertiary alicyclic amines) is 1. The first-order valence-electron chi connectivity index (χ1n) is 11.5. The highest BCUT2D eigenvalue weighted by Gasteiger charge is 2.42. The lowest BCUT2D eigenvalue weighted by atomic mass is 9.66. The molecule has 4 rings (SSSR count). The van der Waals surface area contributed by atoms with Crippen LogP contribution in [0.4, 0.5) is 0 Å². The second-order valence-electron chi connectivity index (χ2n) is 9.56. The molecule has 1 heterocycles. The Morgan fingerprint density at radius 3 is 2.53 bits per heavy atom. The summed E-state index contributed by atoms with van der Waals surface area (Å²) in [5.41, 5.74) is 7.56. The molecule has 2 aromatic carbocycles. The van der Waals surface area contributed by atoms with Gasteiger partial charge in [0.2, 0.25) is 0 Å². The normalized spacial score (nSPS) is 23.5. The van der Waals surface area contributed by atoms with Crippen molar-refractivity contribution in [2.45, 2.75) is 65.0 Å². The van der Waals surface area contributed by atoms with Gasteiger partial charge < -0.3 is 10.2 Å². The zero-order chi connectivity index (χ0) is 21.1. The topological polar surface area (TPSA) is 15.3 Å². The molecule has 0 radical (unpaired) electrons. The van der Waals surface area contributed by atoms with Crippen LogP contribution in [0.2, 0.25) is 0 Å². The monoisotopic (exact) mass is 400 g/mol. The molecule has 1 aliphatic carbocycles. The predicted molar refractivity (Wildman–Crippen MR) is 129 cm³/mol. The Hall–Kier alpha value is -2.48. The van der Waals surface area contributed by atoms with Crippen molar-refractivity contribution in [3.63, 3.8) is 0 Å². The summed E-state index contributed by atoms with van der Waals surface area (Å²) in [5, 5.41) is 3.47. The molecule has 2 heteroatoms. The summed E-state index contributed by atoms with van der Waals surface area (Å²) >= 11 is 0. The van der Waals surface area contributed by atoms with E-state index >= 15 is 0 Å². The van der Waals surface area contributed by atoms with Crippen molar-refractivity contribution in [3.05, 3.63) is 83.9 Å². The van der Waals surface area contributed by atoms with E-state index in [0.717, 1.165) is 24.4 Å². The molecule has 2 aromatic rings. The van der Waals surface area contributed by atoms with Crippen LogP contribution in [-0.2, 0) is 6.54 Å². The average Bonchev–Trinajstić information content (AvgIpc) is 2.76. The van der Waals surface area contributed by atoms with Crippen molar-refractivity contribution in [1.29, 1.82) is 0 Å². The summed E-state index contributed by atoms with van der Waals surface area (Å²) in [6.07, 6.45) is 8.08. The summed E-state index contributed by atoms with van der Waals surface area (Å²) in [4.78, 5) is 2.61. The lowest BCUT2D eigenvalue weighted by molar-refractivity contribution is 0.0292. The van der Waals surface area contributed by atoms with Crippen LogP contribution in [0.1, 0.15) is 67.7 Å². The van der Waals surface area contributed by atoms with Crippen molar-refractivity contribution in [2.24, 2.45) is 5.41 Å². The molecule has 2 nitrogen and oxygen atoms in total. The Morgan fingerprint density at radius 2 is 1.77 bits per heavy atom. The van der Waals surface area contributed by atoms with Gasteiger partial charge in [-0.2, -0.15) is 0 Å². The molecule has 2 fully saturated rings. The third-order valence-electron chi connectivity index (χ3n) is 7.30. The highest BCUT2D eigenvalue weighted by Crippen LogP contribution is 2.47. The third-order valence-corrected chi connectivity index (χ3v) is 7.30. The van der Waals surface area contributed by atoms with Gasteiger partial charge >= 0.3 is 0 Å². The molecule has 30 heavy (non-hydrogen) atoms. The molecule has 0 bridgehead atoms. The molecule has 2 atom stereocenters. The Kier molecular flexibility index (Phi) is 6.04. The van der Waals surface area contributed by atoms with E-state index in [4.69, 9.17) is 0 Å². The first kappa shape index (κ1) is 20.8. The lowest BCUT2D eigenvalue weighted by Crippen LogP contribution is -2.51. The lowest BCUT2D eigenvalue weighted by Gasteiger charge is -2.52. The first-order chi connectivity index (χ1) is 14.5. The smallest absolute Gasteiger partial charge is 0.0400 e. The van der Waals surface area contributed by atoms with E-state index in [9.17, 15) is 0 Å². The third kappa shape index (κ3) is 4.33. The Labute approximate surface area is 182 Å². The maximum Gasteiger partial charge on any atom is 0.0400 e. The van der Waals surface area contributed by atoms with Crippen molar-refractivity contribution in [3.8, 4) is 0 Å². The van der Waals surface area contributed by atoms with Crippen LogP contribution in [0.25, 0.3) is 11.4 Å². The quantitative estimate of drug-likeness (QED) is 0.575. The minimum atomic E-state index is 0.466. The molecule has 0 aromatic heterocycles. The fourth-order valence-electron chi connectivity index (χ4n) is 5.50. The van der Waals surface area contributed by atoms with Gasteiger partial charge in [0.1, 0.15) is 0 Å². The number of aryl methyl sites for hydroxylation is 1. The molecule has 0 amide bonds. The molecule has 2 aliphatic rings. The highest BCUT2D eigenvalue weighted by molar-refractivity contribution is 5.67. The van der Waals surface area contributed by atoms with Crippen molar-refractivity contribution in [2.75, 3.05) is 6.54 Å². The van der Waals surface area contributed by atoms with Gasteiger partial charge in [-0.1, -0.05) is 87.0 Å². The van der Waals surface area contributed by atoms with Crippen molar-refractivity contribution >= 4 is 11.4 Å². The van der Waals surface area contributed by atoms with Crippen LogP contribution in [0, 0.1) is 12.3 Å². The van der Waals surface area contributed by atoms with Gasteiger partial charge in [-0.25, -0.2) is 0 Å². The maximum atomic E-state index is 4.52. The molecule has 1 saturated heterocycles. The summed E-state index contributed by atoms with van der Waals surface area (Å²) in [6.45, 7) is 15.3. The van der Waals surface area contributed by atoms with Gasteiger partial charge in [0.25, 0.3) is 0 Å². The van der Waals surface area contributed by atoms with Gasteiger partial charge in [0.05, 0.1) is 0 Å². The molecular weight excluding hydrogens is 364 g/mol. The zero-order valence-electron chi connectivity index (χ0n) is 18.7. The molecular formula is C28H36N2. The first-order valence-corrected chi connectivity index (χ1v) is 11.5. The molecule has 0 spiro atoms. The zero-order valence-corrected chi connectivity index (χ0v) is 18.7. The molecule has 1 aliphatic heterocycles. The SMILES string of the molecule is C=C(NCc1cccc(C)c1)c1ccc(C(=C)N2CCCC3(C)CCCCC23)cc1. The van der Waals surface area contributed by atoms with E-state index < -0.39 is 0 Å². The molecule has 2 unspecified atom stereocenters. The Balaban J connectivity index is 1.41. The van der Waals surface area contributed by atoms with Crippen molar-refractivity contribution in [1.82, 2.24) is 10.2 Å². The number of benzene rings is 2. The van der Waals surface area contributed by atoms with Crippen LogP contribution in [0.3, 0.4) is 0 Å². The minimum absolute atomic E-state index is 0.466. The van der Waals surface area contributed by atoms with E-state index in [-0.39, 0.29) is 0 Å². The largest absolute Gasteiger partial charge is 0.381 e. The van der Waals surface area contributed by atoms with Gasteiger partial charge in [-0.3, -0.25) is 0 Å². The van der Waals surface area contributed by atoms with E-state index in [1.807, 2.05) is 0 Å². The highest BCUT2D eigenvalue weighted by atomic mass is 15.2. The second-order valence-corrected chi connectivity index (χ2v) is 9.56. The summed E-state index contributed by atoms with van der Waals surface area (Å²) in [7, 11) is 0. The summed E-state index contributed by atoms with van der Waals surface area (Å²) in [6, 6.07) is 18.0. The standard InChI is InChI=1S/C28H36N2/c1-21-9-7-10-24(19-21)20-29-22(2)25-12-14-26(15-13-25)23(3)30-18-8-17-28(4)16-6-5-11-27(28)30/h7,9-10,12-15,19,27,29H,2-3,5-6,8,11,16-18,20H2,1,4H3. The van der Waals surface area contributed by atoms with Gasteiger partial charge in [0, 0.05) is 30.5 Å². The Bertz CT molecular complexity index is 906. The van der Waals surface area contributed by atoms with E-state index in [1.54, 1.807) is 0 Å². The van der Waals surface area contributed by atoms with E-state index in [1.165, 1.54) is 60.9 Å². The van der Waals surface area contributed by atoms with Crippen LogP contribution in [0.15, 0.2) is 61.7 Å². The van der Waals surface area contributed by atoms with Crippen LogP contribution >= 0.6 is 0 Å². The number of hydrogen-bond donors (Lipinski definition) is 1. The second kappa shape index (κ2) is 8.71. The minimum Gasteiger partial charge on any atom is -0.381 e. The van der Waals surface area contributed by atoms with E-state index in [2.05, 4.69) is 85.8 Å². The number of nitrogens with zero attached hydrogens (tertiary/aromatic N) is 1. The Morgan fingerprint density at radius 1 is 1.03 bits per heavy atom. The van der Waals surface area contributed by atoms with Gasteiger partial charge in [0.15, 0.2) is 0 Å². The molecule has 158 valence electrons. The predicted octanol–water partition coefficient (Wildman–Crippen LogP) is 6.77.